The summed E-state index contributed by atoms with van der Waals surface area (Å²) in [5.41, 5.74) is 1.08. The lowest BCUT2D eigenvalue weighted by Gasteiger charge is -2.22. The molecule has 0 aromatic carbocycles. The zero-order valence-electron chi connectivity index (χ0n) is 14.0. The smallest absolute Gasteiger partial charge is 0.135 e. The maximum Gasteiger partial charge on any atom is 0.135 e. The second kappa shape index (κ2) is 8.82. The van der Waals surface area contributed by atoms with Gasteiger partial charge in [-0.3, -0.25) is 0 Å². The summed E-state index contributed by atoms with van der Waals surface area (Å²) in [4.78, 5) is 8.67. The summed E-state index contributed by atoms with van der Waals surface area (Å²) in [6.07, 6.45) is 3.19. The quantitative estimate of drug-likeness (QED) is 0.652. The molecule has 120 valence electrons. The molecule has 1 rings (SSSR count). The summed E-state index contributed by atoms with van der Waals surface area (Å²) in [5, 5.41) is 16.8. The van der Waals surface area contributed by atoms with Gasteiger partial charge in [-0.1, -0.05) is 40.5 Å². The number of rotatable bonds is 9. The number of hydrogen-bond donors (Lipinski definition) is 3. The van der Waals surface area contributed by atoms with E-state index in [9.17, 15) is 5.11 Å². The van der Waals surface area contributed by atoms with Crippen molar-refractivity contribution in [1.29, 1.82) is 0 Å². The third-order valence-corrected chi connectivity index (χ3v) is 3.88. The minimum absolute atomic E-state index is 0.313. The fraction of sp³-hybridized carbons (Fsp3) is 0.750. The number of aliphatic hydroxyl groups excluding tert-OH is 1. The Balaban J connectivity index is 2.85. The van der Waals surface area contributed by atoms with Gasteiger partial charge >= 0.3 is 0 Å². The van der Waals surface area contributed by atoms with Gasteiger partial charge in [0.2, 0.25) is 0 Å². The van der Waals surface area contributed by atoms with E-state index in [1.807, 2.05) is 0 Å². The van der Waals surface area contributed by atoms with Crippen LogP contribution in [0.25, 0.3) is 0 Å². The molecule has 0 fully saturated rings. The van der Waals surface area contributed by atoms with Gasteiger partial charge in [0.1, 0.15) is 18.0 Å². The van der Waals surface area contributed by atoms with Crippen LogP contribution in [0, 0.1) is 5.92 Å². The van der Waals surface area contributed by atoms with Crippen LogP contribution in [0.5, 0.6) is 0 Å². The first kappa shape index (κ1) is 17.7. The highest BCUT2D eigenvalue weighted by molar-refractivity contribution is 5.59. The zero-order chi connectivity index (χ0) is 15.8. The van der Waals surface area contributed by atoms with Crippen molar-refractivity contribution < 1.29 is 5.11 Å². The molecular weight excluding hydrogens is 264 g/mol. The molecule has 1 atom stereocenters. The van der Waals surface area contributed by atoms with Crippen LogP contribution in [-0.2, 0) is 0 Å². The molecule has 21 heavy (non-hydrogen) atoms. The van der Waals surface area contributed by atoms with E-state index in [1.54, 1.807) is 6.33 Å². The predicted molar refractivity (Wildman–Crippen MR) is 88.9 cm³/mol. The molecule has 0 saturated carbocycles. The van der Waals surface area contributed by atoms with Gasteiger partial charge in [0, 0.05) is 18.7 Å². The lowest BCUT2D eigenvalue weighted by molar-refractivity contribution is 0.114. The van der Waals surface area contributed by atoms with Crippen molar-refractivity contribution >= 4 is 11.6 Å². The van der Waals surface area contributed by atoms with Gasteiger partial charge < -0.3 is 15.7 Å². The van der Waals surface area contributed by atoms with Crippen molar-refractivity contribution in [2.75, 3.05) is 23.7 Å². The van der Waals surface area contributed by atoms with E-state index < -0.39 is 0 Å². The Morgan fingerprint density at radius 1 is 1.05 bits per heavy atom. The minimum atomic E-state index is -0.349. The molecule has 0 radical (unpaired) electrons. The lowest BCUT2D eigenvalue weighted by Crippen LogP contribution is -2.28. The number of aliphatic hydroxyl groups is 1. The number of anilines is 2. The standard InChI is InChI=1S/C16H30N4O/c1-6-12(7-2)13(21)9-18-16-14(11(4)5)15(17-8-3)19-10-20-16/h10-13,21H,6-9H2,1-5H3,(H2,17,18,19,20). The van der Waals surface area contributed by atoms with Gasteiger partial charge in [0.15, 0.2) is 0 Å². The molecular formula is C16H30N4O. The average molecular weight is 294 g/mol. The highest BCUT2D eigenvalue weighted by Gasteiger charge is 2.18. The summed E-state index contributed by atoms with van der Waals surface area (Å²) in [7, 11) is 0. The van der Waals surface area contributed by atoms with E-state index in [2.05, 4.69) is 55.2 Å². The molecule has 1 unspecified atom stereocenters. The van der Waals surface area contributed by atoms with Gasteiger partial charge in [-0.15, -0.1) is 0 Å². The van der Waals surface area contributed by atoms with E-state index in [4.69, 9.17) is 0 Å². The zero-order valence-corrected chi connectivity index (χ0v) is 14.0. The molecule has 1 aromatic rings. The monoisotopic (exact) mass is 294 g/mol. The minimum Gasteiger partial charge on any atom is -0.391 e. The molecule has 0 aliphatic heterocycles. The Bertz CT molecular complexity index is 419. The highest BCUT2D eigenvalue weighted by atomic mass is 16.3. The SMILES string of the molecule is CCNc1ncnc(NCC(O)C(CC)CC)c1C(C)C. The molecule has 0 aliphatic rings. The largest absolute Gasteiger partial charge is 0.391 e. The summed E-state index contributed by atoms with van der Waals surface area (Å²) in [6, 6.07) is 0. The first-order valence-corrected chi connectivity index (χ1v) is 8.05. The fourth-order valence-electron chi connectivity index (χ4n) is 2.59. The summed E-state index contributed by atoms with van der Waals surface area (Å²) in [5.74, 6) is 2.34. The molecule has 1 aromatic heterocycles. The van der Waals surface area contributed by atoms with Gasteiger partial charge in [-0.2, -0.15) is 0 Å². The maximum atomic E-state index is 10.3. The van der Waals surface area contributed by atoms with Crippen molar-refractivity contribution in [3.63, 3.8) is 0 Å². The van der Waals surface area contributed by atoms with E-state index in [0.717, 1.165) is 36.6 Å². The van der Waals surface area contributed by atoms with Crippen LogP contribution in [0.4, 0.5) is 11.6 Å². The number of aromatic nitrogens is 2. The van der Waals surface area contributed by atoms with Gasteiger partial charge in [0.05, 0.1) is 6.10 Å². The Hall–Kier alpha value is -1.36. The molecule has 0 amide bonds. The summed E-state index contributed by atoms with van der Waals surface area (Å²) >= 11 is 0. The second-order valence-electron chi connectivity index (χ2n) is 5.69. The van der Waals surface area contributed by atoms with Crippen molar-refractivity contribution in [2.24, 2.45) is 5.92 Å². The number of nitrogens with one attached hydrogen (secondary N) is 2. The number of nitrogens with zero attached hydrogens (tertiary/aromatic N) is 2. The average Bonchev–Trinajstić information content (AvgIpc) is 2.46. The van der Waals surface area contributed by atoms with Crippen molar-refractivity contribution in [2.45, 2.75) is 59.5 Å². The van der Waals surface area contributed by atoms with Crippen LogP contribution < -0.4 is 10.6 Å². The van der Waals surface area contributed by atoms with Crippen molar-refractivity contribution in [3.8, 4) is 0 Å². The topological polar surface area (TPSA) is 70.1 Å². The third kappa shape index (κ3) is 4.84. The second-order valence-corrected chi connectivity index (χ2v) is 5.69. The molecule has 0 aliphatic carbocycles. The van der Waals surface area contributed by atoms with Crippen LogP contribution in [0.1, 0.15) is 58.9 Å². The predicted octanol–water partition coefficient (Wildman–Crippen LogP) is 3.24. The third-order valence-electron chi connectivity index (χ3n) is 3.88. The Morgan fingerprint density at radius 2 is 1.62 bits per heavy atom. The number of hydrogen-bond acceptors (Lipinski definition) is 5. The van der Waals surface area contributed by atoms with Crippen LogP contribution in [0.3, 0.4) is 0 Å². The normalized spacial score (nSPS) is 12.8. The Kier molecular flexibility index (Phi) is 7.43. The molecule has 3 N–H and O–H groups in total. The molecule has 0 spiro atoms. The first-order chi connectivity index (χ1) is 10.0. The van der Waals surface area contributed by atoms with Crippen molar-refractivity contribution in [3.05, 3.63) is 11.9 Å². The van der Waals surface area contributed by atoms with E-state index in [-0.39, 0.29) is 6.10 Å². The molecule has 0 saturated heterocycles. The van der Waals surface area contributed by atoms with Gasteiger partial charge in [-0.05, 0) is 18.8 Å². The summed E-state index contributed by atoms with van der Waals surface area (Å²) in [6.45, 7) is 11.9. The van der Waals surface area contributed by atoms with Crippen molar-refractivity contribution in [1.82, 2.24) is 9.97 Å². The molecule has 1 heterocycles. The van der Waals surface area contributed by atoms with E-state index in [0.29, 0.717) is 18.4 Å². The van der Waals surface area contributed by atoms with Crippen LogP contribution in [0.15, 0.2) is 6.33 Å². The lowest BCUT2D eigenvalue weighted by atomic mass is 9.96. The molecule has 0 bridgehead atoms. The van der Waals surface area contributed by atoms with Crippen LogP contribution in [0.2, 0.25) is 0 Å². The van der Waals surface area contributed by atoms with Crippen LogP contribution in [-0.4, -0.2) is 34.3 Å². The Labute approximate surface area is 128 Å². The first-order valence-electron chi connectivity index (χ1n) is 8.05. The fourth-order valence-corrected chi connectivity index (χ4v) is 2.59. The van der Waals surface area contributed by atoms with Gasteiger partial charge in [-0.25, -0.2) is 9.97 Å². The van der Waals surface area contributed by atoms with E-state index >= 15 is 0 Å². The van der Waals surface area contributed by atoms with Crippen LogP contribution >= 0.6 is 0 Å². The maximum absolute atomic E-state index is 10.3. The molecule has 5 heteroatoms. The Morgan fingerprint density at radius 3 is 2.10 bits per heavy atom. The summed E-state index contributed by atoms with van der Waals surface area (Å²) < 4.78 is 0. The van der Waals surface area contributed by atoms with Gasteiger partial charge in [0.25, 0.3) is 0 Å². The molecule has 5 nitrogen and oxygen atoms in total. The van der Waals surface area contributed by atoms with E-state index in [1.165, 1.54) is 0 Å². The highest BCUT2D eigenvalue weighted by Crippen LogP contribution is 2.28.